The minimum absolute atomic E-state index is 0.172. The molecule has 0 fully saturated rings. The van der Waals surface area contributed by atoms with Gasteiger partial charge in [-0.3, -0.25) is 4.79 Å². The molecule has 0 saturated heterocycles. The summed E-state index contributed by atoms with van der Waals surface area (Å²) in [6.07, 6.45) is 2.18. The van der Waals surface area contributed by atoms with Crippen LogP contribution in [0.1, 0.15) is 20.3 Å². The number of carbonyl (C=O) groups is 2. The number of benzene rings is 1. The van der Waals surface area contributed by atoms with Gasteiger partial charge in [-0.15, -0.1) is 0 Å². The second-order valence-electron chi connectivity index (χ2n) is 6.82. The van der Waals surface area contributed by atoms with Gasteiger partial charge in [0, 0.05) is 12.7 Å². The lowest BCUT2D eigenvalue weighted by atomic mass is 9.97. The molecule has 8 nitrogen and oxygen atoms in total. The Balaban J connectivity index is 2.00. The van der Waals surface area contributed by atoms with Gasteiger partial charge >= 0.3 is 12.0 Å². The standard InChI is InChI=1S/C21H27N3O5/c1-14(2)12-15(20(25)28-4)13-23-21(26)24-18-6-5-11-22-19(18)29-17-9-7-16(27-3)8-10-17/h5-11,14-15H,12-13H2,1-4H3,(H2,23,24,26)/t15-/m0/s1. The third kappa shape index (κ3) is 6.99. The molecule has 0 radical (unpaired) electrons. The van der Waals surface area contributed by atoms with Crippen LogP contribution in [0, 0.1) is 11.8 Å². The van der Waals surface area contributed by atoms with E-state index in [1.165, 1.54) is 7.11 Å². The summed E-state index contributed by atoms with van der Waals surface area (Å²) < 4.78 is 15.7. The number of carbonyl (C=O) groups excluding carboxylic acids is 2. The van der Waals surface area contributed by atoms with Crippen molar-refractivity contribution in [2.45, 2.75) is 20.3 Å². The molecule has 1 aromatic carbocycles. The lowest BCUT2D eigenvalue weighted by molar-refractivity contribution is -0.145. The highest BCUT2D eigenvalue weighted by atomic mass is 16.5. The molecule has 0 aliphatic heterocycles. The topological polar surface area (TPSA) is 98.8 Å². The smallest absolute Gasteiger partial charge is 0.319 e. The molecule has 1 atom stereocenters. The highest BCUT2D eigenvalue weighted by Gasteiger charge is 2.21. The van der Waals surface area contributed by atoms with Crippen molar-refractivity contribution in [1.29, 1.82) is 0 Å². The van der Waals surface area contributed by atoms with Crippen molar-refractivity contribution in [1.82, 2.24) is 10.3 Å². The van der Waals surface area contributed by atoms with Crippen molar-refractivity contribution in [3.8, 4) is 17.4 Å². The van der Waals surface area contributed by atoms with E-state index < -0.39 is 11.9 Å². The van der Waals surface area contributed by atoms with Crippen LogP contribution in [-0.4, -0.2) is 37.7 Å². The molecule has 0 spiro atoms. The summed E-state index contributed by atoms with van der Waals surface area (Å²) in [5.74, 6) is 1.05. The Morgan fingerprint density at radius 2 is 1.76 bits per heavy atom. The molecule has 2 rings (SSSR count). The Labute approximate surface area is 170 Å². The zero-order chi connectivity index (χ0) is 21.2. The SMILES string of the molecule is COC(=O)[C@H](CNC(=O)Nc1cccnc1Oc1ccc(OC)cc1)CC(C)C. The number of nitrogens with zero attached hydrogens (tertiary/aromatic N) is 1. The van der Waals surface area contributed by atoms with Gasteiger partial charge in [-0.1, -0.05) is 13.8 Å². The quantitative estimate of drug-likeness (QED) is 0.620. The Morgan fingerprint density at radius 3 is 2.38 bits per heavy atom. The van der Waals surface area contributed by atoms with Crippen LogP contribution in [-0.2, 0) is 9.53 Å². The number of rotatable bonds is 9. The Hall–Kier alpha value is -3.29. The number of nitrogens with one attached hydrogen (secondary N) is 2. The number of anilines is 1. The van der Waals surface area contributed by atoms with E-state index in [1.807, 2.05) is 13.8 Å². The van der Waals surface area contributed by atoms with Crippen molar-refractivity contribution < 1.29 is 23.8 Å². The molecule has 0 saturated carbocycles. The van der Waals surface area contributed by atoms with Crippen molar-refractivity contribution >= 4 is 17.7 Å². The molecule has 29 heavy (non-hydrogen) atoms. The summed E-state index contributed by atoms with van der Waals surface area (Å²) in [5, 5.41) is 5.41. The van der Waals surface area contributed by atoms with E-state index in [9.17, 15) is 9.59 Å². The zero-order valence-electron chi connectivity index (χ0n) is 17.1. The van der Waals surface area contributed by atoms with Gasteiger partial charge in [0.25, 0.3) is 0 Å². The number of amides is 2. The molecular formula is C21H27N3O5. The van der Waals surface area contributed by atoms with Crippen LogP contribution in [0.4, 0.5) is 10.5 Å². The normalized spacial score (nSPS) is 11.5. The predicted molar refractivity (Wildman–Crippen MR) is 109 cm³/mol. The van der Waals surface area contributed by atoms with Gasteiger partial charge in [-0.2, -0.15) is 0 Å². The second kappa shape index (κ2) is 10.9. The number of urea groups is 1. The highest BCUT2D eigenvalue weighted by molar-refractivity contribution is 5.90. The third-order valence-electron chi connectivity index (χ3n) is 4.09. The molecule has 8 heteroatoms. The van der Waals surface area contributed by atoms with Crippen LogP contribution in [0.5, 0.6) is 17.4 Å². The van der Waals surface area contributed by atoms with E-state index in [0.29, 0.717) is 29.5 Å². The molecule has 2 amide bonds. The molecule has 2 N–H and O–H groups in total. The average Bonchev–Trinajstić information content (AvgIpc) is 2.72. The lowest BCUT2D eigenvalue weighted by Crippen LogP contribution is -2.36. The fraction of sp³-hybridized carbons (Fsp3) is 0.381. The minimum atomic E-state index is -0.463. The number of methoxy groups -OCH3 is 2. The van der Waals surface area contributed by atoms with Gasteiger partial charge in [-0.05, 0) is 48.7 Å². The number of hydrogen-bond acceptors (Lipinski definition) is 6. The highest BCUT2D eigenvalue weighted by Crippen LogP contribution is 2.28. The number of ether oxygens (including phenoxy) is 3. The fourth-order valence-electron chi connectivity index (χ4n) is 2.70. The van der Waals surface area contributed by atoms with Crippen molar-refractivity contribution in [3.63, 3.8) is 0 Å². The maximum Gasteiger partial charge on any atom is 0.319 e. The zero-order valence-corrected chi connectivity index (χ0v) is 17.1. The average molecular weight is 401 g/mol. The van der Waals surface area contributed by atoms with Crippen LogP contribution < -0.4 is 20.1 Å². The Kier molecular flexibility index (Phi) is 8.27. The van der Waals surface area contributed by atoms with E-state index in [4.69, 9.17) is 14.2 Å². The first-order chi connectivity index (χ1) is 13.9. The Morgan fingerprint density at radius 1 is 1.07 bits per heavy atom. The fourth-order valence-corrected chi connectivity index (χ4v) is 2.70. The predicted octanol–water partition coefficient (Wildman–Crippen LogP) is 3.84. The summed E-state index contributed by atoms with van der Waals surface area (Å²) in [5.41, 5.74) is 0.402. The van der Waals surface area contributed by atoms with Crippen LogP contribution in [0.3, 0.4) is 0 Å². The molecule has 2 aromatic rings. The monoisotopic (exact) mass is 401 g/mol. The molecule has 0 aliphatic carbocycles. The van der Waals surface area contributed by atoms with Crippen molar-refractivity contribution in [2.75, 3.05) is 26.1 Å². The van der Waals surface area contributed by atoms with E-state index in [0.717, 1.165) is 0 Å². The second-order valence-corrected chi connectivity index (χ2v) is 6.82. The van der Waals surface area contributed by atoms with Crippen LogP contribution in [0.2, 0.25) is 0 Å². The van der Waals surface area contributed by atoms with Gasteiger partial charge in [0.2, 0.25) is 5.88 Å². The molecule has 0 unspecified atom stereocenters. The first-order valence-corrected chi connectivity index (χ1v) is 9.32. The van der Waals surface area contributed by atoms with E-state index in [1.54, 1.807) is 49.7 Å². The van der Waals surface area contributed by atoms with Crippen LogP contribution >= 0.6 is 0 Å². The van der Waals surface area contributed by atoms with Crippen molar-refractivity contribution in [3.05, 3.63) is 42.6 Å². The largest absolute Gasteiger partial charge is 0.497 e. The first kappa shape index (κ1) is 22.0. The van der Waals surface area contributed by atoms with Gasteiger partial charge in [0.1, 0.15) is 17.2 Å². The summed E-state index contributed by atoms with van der Waals surface area (Å²) in [4.78, 5) is 28.4. The number of hydrogen-bond donors (Lipinski definition) is 2. The molecule has 156 valence electrons. The maximum atomic E-state index is 12.3. The minimum Gasteiger partial charge on any atom is -0.497 e. The van der Waals surface area contributed by atoms with Gasteiger partial charge in [-0.25, -0.2) is 9.78 Å². The Bertz CT molecular complexity index is 808. The summed E-state index contributed by atoms with van der Waals surface area (Å²) in [6.45, 7) is 4.19. The maximum absolute atomic E-state index is 12.3. The lowest BCUT2D eigenvalue weighted by Gasteiger charge is -2.18. The number of pyridine rings is 1. The first-order valence-electron chi connectivity index (χ1n) is 9.32. The van der Waals surface area contributed by atoms with Crippen LogP contribution in [0.25, 0.3) is 0 Å². The molecule has 1 aromatic heterocycles. The van der Waals surface area contributed by atoms with Gasteiger partial charge in [0.05, 0.1) is 20.1 Å². The third-order valence-corrected chi connectivity index (χ3v) is 4.09. The van der Waals surface area contributed by atoms with E-state index >= 15 is 0 Å². The van der Waals surface area contributed by atoms with Gasteiger partial charge in [0.15, 0.2) is 0 Å². The number of esters is 1. The van der Waals surface area contributed by atoms with Crippen LogP contribution in [0.15, 0.2) is 42.6 Å². The van der Waals surface area contributed by atoms with Gasteiger partial charge < -0.3 is 24.8 Å². The summed E-state index contributed by atoms with van der Waals surface area (Å²) >= 11 is 0. The summed E-state index contributed by atoms with van der Waals surface area (Å²) in [6, 6.07) is 9.91. The molecule has 0 bridgehead atoms. The number of aromatic nitrogens is 1. The molecule has 0 aliphatic rings. The molecular weight excluding hydrogens is 374 g/mol. The van der Waals surface area contributed by atoms with E-state index in [2.05, 4.69) is 15.6 Å². The van der Waals surface area contributed by atoms with Crippen molar-refractivity contribution in [2.24, 2.45) is 11.8 Å². The molecule has 1 heterocycles. The van der Waals surface area contributed by atoms with E-state index in [-0.39, 0.29) is 18.4 Å². The summed E-state index contributed by atoms with van der Waals surface area (Å²) in [7, 11) is 2.93.